The molecular weight excluding hydrogens is 319 g/mol. The van der Waals surface area contributed by atoms with Gasteiger partial charge in [0.15, 0.2) is 0 Å². The summed E-state index contributed by atoms with van der Waals surface area (Å²) in [6, 6.07) is 5.36. The van der Waals surface area contributed by atoms with Crippen molar-refractivity contribution >= 4 is 11.6 Å². The van der Waals surface area contributed by atoms with Gasteiger partial charge in [-0.2, -0.15) is 0 Å². The van der Waals surface area contributed by atoms with Crippen molar-refractivity contribution < 1.29 is 4.39 Å². The third-order valence-electron chi connectivity index (χ3n) is 6.47. The summed E-state index contributed by atoms with van der Waals surface area (Å²) in [4.78, 5) is 0. The smallest absolute Gasteiger partial charge is 0.142 e. The molecule has 3 rings (SSSR count). The quantitative estimate of drug-likeness (QED) is 0.482. The summed E-state index contributed by atoms with van der Waals surface area (Å²) < 4.78 is 13.7. The topological polar surface area (TPSA) is 0 Å². The molecule has 2 aliphatic carbocycles. The fourth-order valence-corrected chi connectivity index (χ4v) is 4.85. The lowest BCUT2D eigenvalue weighted by atomic mass is 9.74. The molecule has 0 heterocycles. The van der Waals surface area contributed by atoms with Crippen LogP contribution in [0.3, 0.4) is 0 Å². The van der Waals surface area contributed by atoms with Gasteiger partial charge in [-0.1, -0.05) is 36.6 Å². The first kappa shape index (κ1) is 18.0. The molecule has 0 spiro atoms. The lowest BCUT2D eigenvalue weighted by Crippen LogP contribution is -2.17. The molecule has 0 nitrogen and oxygen atoms in total. The van der Waals surface area contributed by atoms with Gasteiger partial charge in [-0.15, -0.1) is 6.58 Å². The normalized spacial score (nSPS) is 30.9. The molecule has 132 valence electrons. The van der Waals surface area contributed by atoms with Crippen LogP contribution in [0.2, 0.25) is 5.02 Å². The van der Waals surface area contributed by atoms with Gasteiger partial charge in [0.2, 0.25) is 0 Å². The van der Waals surface area contributed by atoms with E-state index in [0.717, 1.165) is 23.3 Å². The molecular formula is C22H30ClF. The Bertz CT molecular complexity index is 537. The van der Waals surface area contributed by atoms with Crippen LogP contribution >= 0.6 is 11.6 Å². The van der Waals surface area contributed by atoms with Gasteiger partial charge in [-0.05, 0) is 92.7 Å². The lowest BCUT2D eigenvalue weighted by molar-refractivity contribution is 0.246. The van der Waals surface area contributed by atoms with E-state index in [1.54, 1.807) is 12.1 Å². The van der Waals surface area contributed by atoms with E-state index in [1.165, 1.54) is 64.2 Å². The monoisotopic (exact) mass is 348 g/mol. The molecule has 0 unspecified atom stereocenters. The van der Waals surface area contributed by atoms with Gasteiger partial charge in [-0.3, -0.25) is 0 Å². The fraction of sp³-hybridized carbons (Fsp3) is 0.636. The van der Waals surface area contributed by atoms with Crippen molar-refractivity contribution in [3.8, 4) is 0 Å². The van der Waals surface area contributed by atoms with E-state index in [1.807, 2.05) is 6.07 Å². The van der Waals surface area contributed by atoms with Gasteiger partial charge in [0.05, 0.1) is 5.02 Å². The molecule has 0 amide bonds. The first-order valence-corrected chi connectivity index (χ1v) is 10.1. The largest absolute Gasteiger partial charge is 0.205 e. The maximum Gasteiger partial charge on any atom is 0.142 e. The number of benzene rings is 1. The van der Waals surface area contributed by atoms with Crippen LogP contribution in [0.5, 0.6) is 0 Å². The highest BCUT2D eigenvalue weighted by molar-refractivity contribution is 6.30. The summed E-state index contributed by atoms with van der Waals surface area (Å²) in [7, 11) is 0. The minimum Gasteiger partial charge on any atom is -0.205 e. The number of hydrogen-bond donors (Lipinski definition) is 0. The zero-order chi connectivity index (χ0) is 16.9. The van der Waals surface area contributed by atoms with Gasteiger partial charge in [-0.25, -0.2) is 4.39 Å². The molecule has 24 heavy (non-hydrogen) atoms. The van der Waals surface area contributed by atoms with Crippen LogP contribution in [-0.4, -0.2) is 0 Å². The Morgan fingerprint density at radius 2 is 1.54 bits per heavy atom. The van der Waals surface area contributed by atoms with Gasteiger partial charge < -0.3 is 0 Å². The van der Waals surface area contributed by atoms with E-state index < -0.39 is 0 Å². The van der Waals surface area contributed by atoms with Crippen molar-refractivity contribution in [3.05, 3.63) is 47.3 Å². The van der Waals surface area contributed by atoms with E-state index in [0.29, 0.717) is 5.92 Å². The SMILES string of the molecule is C=C[C@H]1CC[C@H](CCC2CCC(c3ccc(Cl)c(F)c3)CC2)CC1. The predicted octanol–water partition coefficient (Wildman–Crippen LogP) is 7.53. The molecule has 0 bridgehead atoms. The highest BCUT2D eigenvalue weighted by Gasteiger charge is 2.25. The molecule has 2 heteroatoms. The Labute approximate surface area is 151 Å². The second-order valence-corrected chi connectivity index (χ2v) is 8.39. The summed E-state index contributed by atoms with van der Waals surface area (Å²) in [5, 5.41) is 0.235. The number of hydrogen-bond acceptors (Lipinski definition) is 0. The predicted molar refractivity (Wildman–Crippen MR) is 101 cm³/mol. The van der Waals surface area contributed by atoms with Crippen LogP contribution in [0.15, 0.2) is 30.9 Å². The summed E-state index contributed by atoms with van der Waals surface area (Å²) in [6.45, 7) is 3.94. The molecule has 1 aromatic carbocycles. The minimum absolute atomic E-state index is 0.235. The van der Waals surface area contributed by atoms with E-state index in [9.17, 15) is 4.39 Å². The van der Waals surface area contributed by atoms with Crippen molar-refractivity contribution in [2.24, 2.45) is 17.8 Å². The molecule has 0 atom stereocenters. The third kappa shape index (κ3) is 4.63. The van der Waals surface area contributed by atoms with E-state index in [2.05, 4.69) is 12.7 Å². The van der Waals surface area contributed by atoms with Gasteiger partial charge in [0.25, 0.3) is 0 Å². The second kappa shape index (κ2) is 8.52. The van der Waals surface area contributed by atoms with Gasteiger partial charge in [0, 0.05) is 0 Å². The molecule has 0 aromatic heterocycles. The Balaban J connectivity index is 1.40. The molecule has 0 aliphatic heterocycles. The summed E-state index contributed by atoms with van der Waals surface area (Å²) in [6.07, 6.45) is 15.5. The highest BCUT2D eigenvalue weighted by Crippen LogP contribution is 2.40. The van der Waals surface area contributed by atoms with Crippen molar-refractivity contribution in [3.63, 3.8) is 0 Å². The van der Waals surface area contributed by atoms with Crippen LogP contribution in [0.25, 0.3) is 0 Å². The third-order valence-corrected chi connectivity index (χ3v) is 6.78. The molecule has 0 radical (unpaired) electrons. The van der Waals surface area contributed by atoms with Crippen LogP contribution in [0.1, 0.15) is 75.7 Å². The molecule has 2 fully saturated rings. The molecule has 2 aliphatic rings. The number of allylic oxidation sites excluding steroid dienone is 1. The first-order chi connectivity index (χ1) is 11.7. The Kier molecular flexibility index (Phi) is 6.38. The maximum atomic E-state index is 13.7. The molecule has 0 saturated heterocycles. The average molecular weight is 349 g/mol. The zero-order valence-corrected chi connectivity index (χ0v) is 15.4. The van der Waals surface area contributed by atoms with Crippen LogP contribution < -0.4 is 0 Å². The van der Waals surface area contributed by atoms with Crippen molar-refractivity contribution in [2.45, 2.75) is 70.1 Å². The zero-order valence-electron chi connectivity index (χ0n) is 14.7. The average Bonchev–Trinajstić information content (AvgIpc) is 2.63. The van der Waals surface area contributed by atoms with Crippen LogP contribution in [0.4, 0.5) is 4.39 Å². The standard InChI is InChI=1S/C22H30ClF/c1-2-16-3-5-17(6-4-16)7-8-18-9-11-19(12-10-18)20-13-14-21(23)22(24)15-20/h2,13-19H,1,3-12H2/t16-,17-,18?,19?. The number of rotatable bonds is 5. The molecule has 0 N–H and O–H groups in total. The van der Waals surface area contributed by atoms with Crippen molar-refractivity contribution in [1.29, 1.82) is 0 Å². The Morgan fingerprint density at radius 1 is 0.958 bits per heavy atom. The second-order valence-electron chi connectivity index (χ2n) is 7.99. The van der Waals surface area contributed by atoms with E-state index in [4.69, 9.17) is 11.6 Å². The van der Waals surface area contributed by atoms with Crippen molar-refractivity contribution in [2.75, 3.05) is 0 Å². The van der Waals surface area contributed by atoms with Crippen LogP contribution in [-0.2, 0) is 0 Å². The summed E-state index contributed by atoms with van der Waals surface area (Å²) in [5.74, 6) is 2.86. The van der Waals surface area contributed by atoms with Crippen LogP contribution in [0, 0.1) is 23.6 Å². The summed E-state index contributed by atoms with van der Waals surface area (Å²) >= 11 is 5.80. The van der Waals surface area contributed by atoms with Gasteiger partial charge >= 0.3 is 0 Å². The van der Waals surface area contributed by atoms with Gasteiger partial charge in [0.1, 0.15) is 5.82 Å². The fourth-order valence-electron chi connectivity index (χ4n) is 4.73. The summed E-state index contributed by atoms with van der Waals surface area (Å²) in [5.41, 5.74) is 1.14. The maximum absolute atomic E-state index is 13.7. The first-order valence-electron chi connectivity index (χ1n) is 9.73. The number of halogens is 2. The minimum atomic E-state index is -0.272. The van der Waals surface area contributed by atoms with E-state index >= 15 is 0 Å². The van der Waals surface area contributed by atoms with Crippen molar-refractivity contribution in [1.82, 2.24) is 0 Å². The molecule has 1 aromatic rings. The lowest BCUT2D eigenvalue weighted by Gasteiger charge is -2.31. The Morgan fingerprint density at radius 3 is 2.08 bits per heavy atom. The highest BCUT2D eigenvalue weighted by atomic mass is 35.5. The van der Waals surface area contributed by atoms with E-state index in [-0.39, 0.29) is 10.8 Å². The molecule has 2 saturated carbocycles. The Hall–Kier alpha value is -0.820.